The summed E-state index contributed by atoms with van der Waals surface area (Å²) in [5.74, 6) is 0. The first kappa shape index (κ1) is 11.4. The van der Waals surface area contributed by atoms with Gasteiger partial charge in [0.15, 0.2) is 0 Å². The molecule has 0 unspecified atom stereocenters. The van der Waals surface area contributed by atoms with Crippen LogP contribution in [0.4, 0.5) is 0 Å². The van der Waals surface area contributed by atoms with E-state index in [0.29, 0.717) is 0 Å². The fourth-order valence-electron chi connectivity index (χ4n) is 2.74. The van der Waals surface area contributed by atoms with E-state index in [0.717, 1.165) is 12.1 Å². The van der Waals surface area contributed by atoms with Gasteiger partial charge in [0.25, 0.3) is 0 Å². The summed E-state index contributed by atoms with van der Waals surface area (Å²) in [4.78, 5) is 2.69. The van der Waals surface area contributed by atoms with E-state index in [4.69, 9.17) is 0 Å². The monoisotopic (exact) mass is 210 g/mol. The highest BCUT2D eigenvalue weighted by molar-refractivity contribution is 4.82. The van der Waals surface area contributed by atoms with Crippen LogP contribution >= 0.6 is 0 Å². The van der Waals surface area contributed by atoms with Gasteiger partial charge in [0.2, 0.25) is 0 Å². The van der Waals surface area contributed by atoms with Crippen LogP contribution in [0.3, 0.4) is 0 Å². The molecule has 1 N–H and O–H groups in total. The molecule has 15 heavy (non-hydrogen) atoms. The first-order valence-corrected chi connectivity index (χ1v) is 6.87. The largest absolute Gasteiger partial charge is 0.313 e. The van der Waals surface area contributed by atoms with Crippen molar-refractivity contribution in [3.63, 3.8) is 0 Å². The van der Waals surface area contributed by atoms with Crippen LogP contribution in [0.25, 0.3) is 0 Å². The van der Waals surface area contributed by atoms with Gasteiger partial charge in [-0.1, -0.05) is 26.2 Å². The number of likely N-dealkylation sites (N-methyl/N-ethyl adjacent to an activating group) is 1. The predicted octanol–water partition coefficient (Wildman–Crippen LogP) is 2.39. The lowest BCUT2D eigenvalue weighted by Gasteiger charge is -2.33. The van der Waals surface area contributed by atoms with Crippen LogP contribution in [0.5, 0.6) is 0 Å². The van der Waals surface area contributed by atoms with Crippen LogP contribution in [-0.2, 0) is 0 Å². The Kier molecular flexibility index (Phi) is 4.45. The van der Waals surface area contributed by atoms with Crippen LogP contribution in [0.1, 0.15) is 51.9 Å². The second kappa shape index (κ2) is 5.86. The third-order valence-electron chi connectivity index (χ3n) is 3.91. The Morgan fingerprint density at radius 3 is 2.40 bits per heavy atom. The minimum Gasteiger partial charge on any atom is -0.313 e. The van der Waals surface area contributed by atoms with E-state index < -0.39 is 0 Å². The molecule has 88 valence electrons. The number of hydrogen-bond donors (Lipinski definition) is 1. The van der Waals surface area contributed by atoms with Gasteiger partial charge in [-0.3, -0.25) is 4.90 Å². The number of nitrogens with one attached hydrogen (secondary N) is 1. The van der Waals surface area contributed by atoms with Crippen LogP contribution in [-0.4, -0.2) is 36.6 Å². The molecule has 0 spiro atoms. The number of rotatable bonds is 6. The Balaban J connectivity index is 1.64. The second-order valence-electron chi connectivity index (χ2n) is 5.15. The molecule has 2 heteroatoms. The highest BCUT2D eigenvalue weighted by Crippen LogP contribution is 2.22. The van der Waals surface area contributed by atoms with Gasteiger partial charge >= 0.3 is 0 Å². The van der Waals surface area contributed by atoms with Gasteiger partial charge < -0.3 is 5.32 Å². The van der Waals surface area contributed by atoms with Gasteiger partial charge in [-0.05, 0) is 32.2 Å². The Morgan fingerprint density at radius 2 is 1.80 bits per heavy atom. The van der Waals surface area contributed by atoms with Crippen molar-refractivity contribution in [1.82, 2.24) is 10.2 Å². The van der Waals surface area contributed by atoms with E-state index in [1.54, 1.807) is 0 Å². The molecule has 0 saturated heterocycles. The van der Waals surface area contributed by atoms with Gasteiger partial charge in [0.05, 0.1) is 0 Å². The zero-order valence-electron chi connectivity index (χ0n) is 10.2. The first-order valence-electron chi connectivity index (χ1n) is 6.87. The smallest absolute Gasteiger partial charge is 0.0110 e. The van der Waals surface area contributed by atoms with Crippen molar-refractivity contribution >= 4 is 0 Å². The van der Waals surface area contributed by atoms with E-state index in [2.05, 4.69) is 17.1 Å². The quantitative estimate of drug-likeness (QED) is 0.724. The topological polar surface area (TPSA) is 15.3 Å². The molecule has 0 heterocycles. The molecule has 0 aliphatic heterocycles. The minimum atomic E-state index is 0.870. The van der Waals surface area contributed by atoms with Gasteiger partial charge in [-0.25, -0.2) is 0 Å². The van der Waals surface area contributed by atoms with Crippen LogP contribution in [0.2, 0.25) is 0 Å². The summed E-state index contributed by atoms with van der Waals surface area (Å²) in [6.07, 6.45) is 10.1. The zero-order valence-corrected chi connectivity index (χ0v) is 10.2. The Bertz CT molecular complexity index is 171. The summed E-state index contributed by atoms with van der Waals surface area (Å²) in [7, 11) is 0. The normalized spacial score (nSPS) is 23.6. The van der Waals surface area contributed by atoms with Gasteiger partial charge in [-0.15, -0.1) is 0 Å². The Morgan fingerprint density at radius 1 is 1.07 bits per heavy atom. The van der Waals surface area contributed by atoms with Crippen molar-refractivity contribution in [2.24, 2.45) is 0 Å². The molecule has 2 aliphatic carbocycles. The van der Waals surface area contributed by atoms with Crippen molar-refractivity contribution in [3.8, 4) is 0 Å². The van der Waals surface area contributed by atoms with Gasteiger partial charge in [0, 0.05) is 25.2 Å². The van der Waals surface area contributed by atoms with Crippen LogP contribution < -0.4 is 5.32 Å². The lowest BCUT2D eigenvalue weighted by molar-refractivity contribution is 0.164. The molecule has 0 radical (unpaired) electrons. The fourth-order valence-corrected chi connectivity index (χ4v) is 2.74. The maximum absolute atomic E-state index is 3.62. The first-order chi connectivity index (χ1) is 7.40. The van der Waals surface area contributed by atoms with Crippen molar-refractivity contribution in [3.05, 3.63) is 0 Å². The highest BCUT2D eigenvalue weighted by atomic mass is 15.2. The Hall–Kier alpha value is -0.0800. The van der Waals surface area contributed by atoms with Crippen molar-refractivity contribution < 1.29 is 0 Å². The van der Waals surface area contributed by atoms with Gasteiger partial charge in [0.1, 0.15) is 0 Å². The molecule has 2 aliphatic rings. The summed E-state index contributed by atoms with van der Waals surface area (Å²) >= 11 is 0. The molecule has 0 aromatic heterocycles. The van der Waals surface area contributed by atoms with Crippen LogP contribution in [0.15, 0.2) is 0 Å². The molecule has 2 saturated carbocycles. The number of hydrogen-bond acceptors (Lipinski definition) is 2. The molecule has 0 amide bonds. The lowest BCUT2D eigenvalue weighted by atomic mass is 9.94. The molecule has 0 aromatic rings. The number of nitrogens with zero attached hydrogens (tertiary/aromatic N) is 1. The summed E-state index contributed by atoms with van der Waals surface area (Å²) in [6.45, 7) is 6.01. The summed E-state index contributed by atoms with van der Waals surface area (Å²) < 4.78 is 0. The molecular formula is C13H26N2. The highest BCUT2D eigenvalue weighted by Gasteiger charge is 2.22. The fraction of sp³-hybridized carbons (Fsp3) is 1.00. The summed E-state index contributed by atoms with van der Waals surface area (Å²) in [5.41, 5.74) is 0. The summed E-state index contributed by atoms with van der Waals surface area (Å²) in [5, 5.41) is 3.62. The molecule has 0 bridgehead atoms. The minimum absolute atomic E-state index is 0.870. The second-order valence-corrected chi connectivity index (χ2v) is 5.15. The van der Waals surface area contributed by atoms with Gasteiger partial charge in [-0.2, -0.15) is 0 Å². The maximum atomic E-state index is 3.62. The average Bonchev–Trinajstić information content (AvgIpc) is 3.10. The van der Waals surface area contributed by atoms with Crippen LogP contribution in [0, 0.1) is 0 Å². The zero-order chi connectivity index (χ0) is 10.5. The third kappa shape index (κ3) is 3.76. The molecule has 0 atom stereocenters. The van der Waals surface area contributed by atoms with E-state index in [1.807, 2.05) is 0 Å². The van der Waals surface area contributed by atoms with Crippen molar-refractivity contribution in [1.29, 1.82) is 0 Å². The molecule has 2 rings (SSSR count). The van der Waals surface area contributed by atoms with E-state index in [-0.39, 0.29) is 0 Å². The third-order valence-corrected chi connectivity index (χ3v) is 3.91. The maximum Gasteiger partial charge on any atom is 0.0110 e. The SMILES string of the molecule is CCN(CCNC1CC1)C1CCCCC1. The standard InChI is InChI=1S/C13H26N2/c1-2-15(11-10-14-12-8-9-12)13-6-4-3-5-7-13/h12-14H,2-11H2,1H3. The molecule has 2 fully saturated rings. The van der Waals surface area contributed by atoms with Crippen molar-refractivity contribution in [2.75, 3.05) is 19.6 Å². The van der Waals surface area contributed by atoms with E-state index in [1.165, 1.54) is 64.6 Å². The summed E-state index contributed by atoms with van der Waals surface area (Å²) in [6, 6.07) is 1.76. The van der Waals surface area contributed by atoms with E-state index in [9.17, 15) is 0 Å². The average molecular weight is 210 g/mol. The van der Waals surface area contributed by atoms with E-state index >= 15 is 0 Å². The Labute approximate surface area is 94.4 Å². The molecule has 0 aromatic carbocycles. The molecule has 2 nitrogen and oxygen atoms in total. The molecular weight excluding hydrogens is 184 g/mol. The predicted molar refractivity (Wildman–Crippen MR) is 65.1 cm³/mol. The van der Waals surface area contributed by atoms with Crippen molar-refractivity contribution in [2.45, 2.75) is 64.0 Å². The lowest BCUT2D eigenvalue weighted by Crippen LogP contribution is -2.41.